The fraction of sp³-hybridized carbons (Fsp3) is 0.333. The standard InChI is InChI=1S/C24H24N4O4/c1-3-5-9-27-21-13(11-25)14(12-26)22(28-10-6-4-2)20-19(21)23(31)17-15(29)7-8-16(30)18(17)24(20)32/h7-8,27-30H,3-6,9-10H2,1-2H3. The van der Waals surface area contributed by atoms with Crippen molar-refractivity contribution < 1.29 is 19.8 Å². The molecule has 0 saturated carbocycles. The van der Waals surface area contributed by atoms with Crippen LogP contribution in [0, 0.1) is 22.7 Å². The molecule has 8 nitrogen and oxygen atoms in total. The van der Waals surface area contributed by atoms with E-state index in [-0.39, 0.29) is 44.8 Å². The van der Waals surface area contributed by atoms with Crippen LogP contribution in [-0.4, -0.2) is 34.9 Å². The summed E-state index contributed by atoms with van der Waals surface area (Å²) in [5.74, 6) is -2.27. The lowest BCUT2D eigenvalue weighted by atomic mass is 9.78. The number of phenolic OH excluding ortho intramolecular Hbond substituents is 2. The van der Waals surface area contributed by atoms with Gasteiger partial charge in [0.15, 0.2) is 0 Å². The first-order valence-corrected chi connectivity index (χ1v) is 10.6. The fourth-order valence-corrected chi connectivity index (χ4v) is 3.85. The molecular formula is C24H24N4O4. The maximum Gasteiger partial charge on any atom is 0.200 e. The minimum absolute atomic E-state index is 0.0365. The molecule has 32 heavy (non-hydrogen) atoms. The van der Waals surface area contributed by atoms with E-state index in [2.05, 4.69) is 10.6 Å². The molecule has 3 rings (SSSR count). The summed E-state index contributed by atoms with van der Waals surface area (Å²) in [6.45, 7) is 4.81. The quantitative estimate of drug-likeness (QED) is 0.308. The van der Waals surface area contributed by atoms with Gasteiger partial charge in [-0.2, -0.15) is 10.5 Å². The molecule has 0 radical (unpaired) electrons. The fourth-order valence-electron chi connectivity index (χ4n) is 3.85. The SMILES string of the molecule is CCCCNc1c(C#N)c(C#N)c(NCCCC)c2c1C(=O)c1c(O)ccc(O)c1C2=O. The van der Waals surface area contributed by atoms with Gasteiger partial charge in [-0.25, -0.2) is 0 Å². The van der Waals surface area contributed by atoms with Gasteiger partial charge in [0.05, 0.1) is 44.8 Å². The van der Waals surface area contributed by atoms with Crippen LogP contribution in [0.4, 0.5) is 11.4 Å². The van der Waals surface area contributed by atoms with Gasteiger partial charge < -0.3 is 20.8 Å². The second kappa shape index (κ2) is 9.40. The second-order valence-corrected chi connectivity index (χ2v) is 7.55. The lowest BCUT2D eigenvalue weighted by Gasteiger charge is -2.26. The van der Waals surface area contributed by atoms with Crippen molar-refractivity contribution in [3.05, 3.63) is 45.5 Å². The molecule has 0 amide bonds. The van der Waals surface area contributed by atoms with Gasteiger partial charge in [0.2, 0.25) is 11.6 Å². The number of phenols is 2. The monoisotopic (exact) mass is 432 g/mol. The van der Waals surface area contributed by atoms with Gasteiger partial charge in [-0.1, -0.05) is 26.7 Å². The smallest absolute Gasteiger partial charge is 0.200 e. The summed E-state index contributed by atoms with van der Waals surface area (Å²) in [5.41, 5.74) is -0.650. The number of unbranched alkanes of at least 4 members (excludes halogenated alkanes) is 2. The predicted molar refractivity (Wildman–Crippen MR) is 119 cm³/mol. The number of nitrogens with zero attached hydrogens (tertiary/aromatic N) is 2. The van der Waals surface area contributed by atoms with Crippen molar-refractivity contribution in [3.8, 4) is 23.6 Å². The first-order chi connectivity index (χ1) is 15.4. The summed E-state index contributed by atoms with van der Waals surface area (Å²) in [6.07, 6.45) is 3.18. The highest BCUT2D eigenvalue weighted by Crippen LogP contribution is 2.45. The molecule has 1 aliphatic carbocycles. The molecule has 0 heterocycles. The molecule has 0 unspecified atom stereocenters. The van der Waals surface area contributed by atoms with Crippen LogP contribution >= 0.6 is 0 Å². The second-order valence-electron chi connectivity index (χ2n) is 7.55. The van der Waals surface area contributed by atoms with Crippen molar-refractivity contribution in [3.63, 3.8) is 0 Å². The Morgan fingerprint density at radius 1 is 0.750 bits per heavy atom. The van der Waals surface area contributed by atoms with Gasteiger partial charge in [-0.15, -0.1) is 0 Å². The Morgan fingerprint density at radius 2 is 1.12 bits per heavy atom. The van der Waals surface area contributed by atoms with Gasteiger partial charge in [0, 0.05) is 13.1 Å². The van der Waals surface area contributed by atoms with Gasteiger partial charge in [0.1, 0.15) is 23.6 Å². The Hall–Kier alpha value is -4.04. The first-order valence-electron chi connectivity index (χ1n) is 10.6. The van der Waals surface area contributed by atoms with Crippen molar-refractivity contribution in [2.75, 3.05) is 23.7 Å². The van der Waals surface area contributed by atoms with E-state index in [1.54, 1.807) is 0 Å². The number of hydrogen-bond donors (Lipinski definition) is 4. The molecule has 1 aliphatic rings. The summed E-state index contributed by atoms with van der Waals surface area (Å²) in [7, 11) is 0. The molecule has 0 saturated heterocycles. The Labute approximate surface area is 186 Å². The lowest BCUT2D eigenvalue weighted by Crippen LogP contribution is -2.26. The third kappa shape index (κ3) is 3.61. The van der Waals surface area contributed by atoms with Gasteiger partial charge in [0.25, 0.3) is 0 Å². The molecule has 8 heteroatoms. The number of carbonyl (C=O) groups is 2. The van der Waals surface area contributed by atoms with E-state index in [0.29, 0.717) is 13.1 Å². The normalized spacial score (nSPS) is 11.9. The van der Waals surface area contributed by atoms with E-state index in [1.165, 1.54) is 0 Å². The number of nitriles is 2. The van der Waals surface area contributed by atoms with Crippen molar-refractivity contribution >= 4 is 22.9 Å². The molecule has 2 aromatic rings. The number of carbonyl (C=O) groups excluding carboxylic acids is 2. The van der Waals surface area contributed by atoms with E-state index >= 15 is 0 Å². The molecule has 0 aromatic heterocycles. The Bertz CT molecular complexity index is 1100. The minimum atomic E-state index is -0.693. The minimum Gasteiger partial charge on any atom is -0.507 e. The molecule has 2 aromatic carbocycles. The zero-order valence-electron chi connectivity index (χ0n) is 18.0. The zero-order chi connectivity index (χ0) is 23.4. The van der Waals surface area contributed by atoms with E-state index < -0.39 is 23.1 Å². The van der Waals surface area contributed by atoms with Gasteiger partial charge in [-0.3, -0.25) is 9.59 Å². The first kappa shape index (κ1) is 22.6. The maximum absolute atomic E-state index is 13.5. The van der Waals surface area contributed by atoms with Crippen molar-refractivity contribution in [1.29, 1.82) is 10.5 Å². The Morgan fingerprint density at radius 3 is 1.44 bits per heavy atom. The van der Waals surface area contributed by atoms with Crippen LogP contribution in [0.3, 0.4) is 0 Å². The van der Waals surface area contributed by atoms with Crippen LogP contribution in [0.15, 0.2) is 12.1 Å². The zero-order valence-corrected chi connectivity index (χ0v) is 18.0. The average Bonchev–Trinajstić information content (AvgIpc) is 2.78. The van der Waals surface area contributed by atoms with Crippen LogP contribution in [0.2, 0.25) is 0 Å². The molecule has 0 atom stereocenters. The largest absolute Gasteiger partial charge is 0.507 e. The highest BCUT2D eigenvalue weighted by molar-refractivity contribution is 6.34. The van der Waals surface area contributed by atoms with Crippen LogP contribution in [0.1, 0.15) is 82.5 Å². The summed E-state index contributed by atoms with van der Waals surface area (Å²) >= 11 is 0. The number of rotatable bonds is 8. The number of nitrogens with one attached hydrogen (secondary N) is 2. The van der Waals surface area contributed by atoms with Gasteiger partial charge >= 0.3 is 0 Å². The summed E-state index contributed by atoms with van der Waals surface area (Å²) in [6, 6.07) is 6.30. The topological polar surface area (TPSA) is 146 Å². The number of benzene rings is 2. The van der Waals surface area contributed by atoms with Crippen LogP contribution in [-0.2, 0) is 0 Å². The number of fused-ring (bicyclic) bond motifs is 2. The molecule has 0 aliphatic heterocycles. The van der Waals surface area contributed by atoms with E-state index in [0.717, 1.165) is 37.8 Å². The highest BCUT2D eigenvalue weighted by atomic mass is 16.3. The number of hydrogen-bond acceptors (Lipinski definition) is 8. The summed E-state index contributed by atoms with van der Waals surface area (Å²) in [4.78, 5) is 27.1. The highest BCUT2D eigenvalue weighted by Gasteiger charge is 2.40. The number of ketones is 2. The summed E-state index contributed by atoms with van der Waals surface area (Å²) in [5, 5.41) is 46.5. The summed E-state index contributed by atoms with van der Waals surface area (Å²) < 4.78 is 0. The van der Waals surface area contributed by atoms with Crippen molar-refractivity contribution in [1.82, 2.24) is 0 Å². The molecule has 4 N–H and O–H groups in total. The predicted octanol–water partition coefficient (Wildman–Crippen LogP) is 4.04. The van der Waals surface area contributed by atoms with Crippen LogP contribution < -0.4 is 10.6 Å². The third-order valence-corrected chi connectivity index (χ3v) is 5.46. The van der Waals surface area contributed by atoms with Crippen LogP contribution in [0.25, 0.3) is 0 Å². The van der Waals surface area contributed by atoms with Crippen LogP contribution in [0.5, 0.6) is 11.5 Å². The van der Waals surface area contributed by atoms with Gasteiger partial charge in [-0.05, 0) is 25.0 Å². The number of aromatic hydroxyl groups is 2. The molecule has 0 spiro atoms. The third-order valence-electron chi connectivity index (χ3n) is 5.46. The van der Waals surface area contributed by atoms with E-state index in [9.17, 15) is 30.3 Å². The van der Waals surface area contributed by atoms with E-state index in [1.807, 2.05) is 26.0 Å². The molecular weight excluding hydrogens is 408 g/mol. The molecule has 0 fully saturated rings. The van der Waals surface area contributed by atoms with E-state index in [4.69, 9.17) is 0 Å². The average molecular weight is 432 g/mol. The Balaban J connectivity index is 2.40. The Kier molecular flexibility index (Phi) is 6.65. The molecule has 0 bridgehead atoms. The van der Waals surface area contributed by atoms with Crippen molar-refractivity contribution in [2.45, 2.75) is 39.5 Å². The lowest BCUT2D eigenvalue weighted by molar-refractivity contribution is 0.0975. The maximum atomic E-state index is 13.5. The number of anilines is 2. The molecule has 164 valence electrons. The van der Waals surface area contributed by atoms with Crippen molar-refractivity contribution in [2.24, 2.45) is 0 Å².